The Bertz CT molecular complexity index is 1480. The number of fused-ring (bicyclic) bond motifs is 1. The highest BCUT2D eigenvalue weighted by Crippen LogP contribution is 2.30. The molecule has 38 heavy (non-hydrogen) atoms. The molecule has 0 aliphatic carbocycles. The van der Waals surface area contributed by atoms with Crippen molar-refractivity contribution in [1.82, 2.24) is 26.0 Å². The van der Waals surface area contributed by atoms with Gasteiger partial charge >= 0.3 is 0 Å². The lowest BCUT2D eigenvalue weighted by Crippen LogP contribution is -2.29. The van der Waals surface area contributed by atoms with Crippen molar-refractivity contribution in [1.29, 1.82) is 0 Å². The molecule has 0 spiro atoms. The third-order valence-corrected chi connectivity index (χ3v) is 6.60. The lowest BCUT2D eigenvalue weighted by molar-refractivity contribution is -0.120. The van der Waals surface area contributed by atoms with Crippen molar-refractivity contribution in [3.63, 3.8) is 0 Å². The van der Waals surface area contributed by atoms with E-state index in [0.717, 1.165) is 55.9 Å². The van der Waals surface area contributed by atoms with Gasteiger partial charge in [0.25, 0.3) is 0 Å². The molecule has 2 aromatic heterocycles. The predicted octanol–water partition coefficient (Wildman–Crippen LogP) is 5.64. The van der Waals surface area contributed by atoms with Crippen LogP contribution in [-0.4, -0.2) is 40.9 Å². The van der Waals surface area contributed by atoms with E-state index in [2.05, 4.69) is 43.4 Å². The molecule has 0 aliphatic heterocycles. The summed E-state index contributed by atoms with van der Waals surface area (Å²) in [6.07, 6.45) is 6.31. The first-order valence-electron chi connectivity index (χ1n) is 12.6. The maximum atomic E-state index is 12.2. The maximum Gasteiger partial charge on any atom is 0.221 e. The largest absolute Gasteiger partial charge is 0.384 e. The average molecular weight is 529 g/mol. The first-order valence-corrected chi connectivity index (χ1v) is 13.0. The Morgan fingerprint density at radius 3 is 2.66 bits per heavy atom. The van der Waals surface area contributed by atoms with Crippen LogP contribution in [0.2, 0.25) is 5.02 Å². The fourth-order valence-corrected chi connectivity index (χ4v) is 4.61. The van der Waals surface area contributed by atoms with E-state index in [9.17, 15) is 4.79 Å². The van der Waals surface area contributed by atoms with E-state index in [1.807, 2.05) is 48.5 Å². The minimum Gasteiger partial charge on any atom is -0.384 e. The minimum atomic E-state index is 0.0293. The number of nitrogens with zero attached hydrogens (tertiary/aromatic N) is 2. The molecule has 194 valence electrons. The Labute approximate surface area is 225 Å². The fourth-order valence-electron chi connectivity index (χ4n) is 4.29. The number of aromatic amines is 1. The molecule has 0 radical (unpaired) electrons. The number of amides is 1. The SMILES string of the molecule is O=C(CCNCc1ccc(-c2ccccc2)c(Cl)c1)NCCCNc1cc(-c2cnoc2)cc2[nH]ncc12. The zero-order valence-corrected chi connectivity index (χ0v) is 21.6. The van der Waals surface area contributed by atoms with Gasteiger partial charge in [0, 0.05) is 59.8 Å². The van der Waals surface area contributed by atoms with Crippen LogP contribution in [0, 0.1) is 0 Å². The highest BCUT2D eigenvalue weighted by Gasteiger charge is 2.09. The minimum absolute atomic E-state index is 0.0293. The van der Waals surface area contributed by atoms with Gasteiger partial charge in [-0.2, -0.15) is 5.10 Å². The van der Waals surface area contributed by atoms with E-state index >= 15 is 0 Å². The van der Waals surface area contributed by atoms with E-state index in [1.54, 1.807) is 18.7 Å². The number of carbonyl (C=O) groups excluding carboxylic acids is 1. The molecular weight excluding hydrogens is 500 g/mol. The van der Waals surface area contributed by atoms with Gasteiger partial charge in [-0.1, -0.05) is 59.2 Å². The summed E-state index contributed by atoms with van der Waals surface area (Å²) in [4.78, 5) is 12.2. The summed E-state index contributed by atoms with van der Waals surface area (Å²) >= 11 is 6.50. The number of benzene rings is 3. The van der Waals surface area contributed by atoms with Crippen LogP contribution in [0.4, 0.5) is 5.69 Å². The number of halogens is 1. The Balaban J connectivity index is 1.01. The molecule has 8 nitrogen and oxygen atoms in total. The van der Waals surface area contributed by atoms with E-state index < -0.39 is 0 Å². The first-order chi connectivity index (χ1) is 18.7. The van der Waals surface area contributed by atoms with Gasteiger partial charge < -0.3 is 20.5 Å². The quantitative estimate of drug-likeness (QED) is 0.156. The standard InChI is InChI=1S/C29H29ClN6O2/c30-26-13-20(7-8-24(26)21-5-2-1-3-6-21)16-31-12-9-29(37)33-11-4-10-32-27-14-22(23-17-35-38-19-23)15-28-25(27)18-34-36-28/h1-3,5-8,13-15,17-19,31-32H,4,9-12,16H2,(H,33,37)(H,34,36). The van der Waals surface area contributed by atoms with Crippen LogP contribution in [0.15, 0.2) is 83.8 Å². The monoisotopic (exact) mass is 528 g/mol. The van der Waals surface area contributed by atoms with E-state index in [0.29, 0.717) is 32.6 Å². The summed E-state index contributed by atoms with van der Waals surface area (Å²) in [5, 5.41) is 22.5. The summed E-state index contributed by atoms with van der Waals surface area (Å²) < 4.78 is 4.97. The molecule has 9 heteroatoms. The van der Waals surface area contributed by atoms with Crippen LogP contribution in [0.25, 0.3) is 33.2 Å². The third-order valence-electron chi connectivity index (χ3n) is 6.29. The zero-order valence-electron chi connectivity index (χ0n) is 20.8. The number of anilines is 1. The zero-order chi connectivity index (χ0) is 26.2. The maximum absolute atomic E-state index is 12.2. The highest BCUT2D eigenvalue weighted by atomic mass is 35.5. The molecule has 2 heterocycles. The third kappa shape index (κ3) is 6.40. The molecule has 1 amide bonds. The van der Waals surface area contributed by atoms with Crippen molar-refractivity contribution >= 4 is 34.1 Å². The molecule has 0 unspecified atom stereocenters. The fraction of sp³-hybridized carbons (Fsp3) is 0.207. The number of aromatic nitrogens is 3. The Kier molecular flexibility index (Phi) is 8.32. The van der Waals surface area contributed by atoms with Gasteiger partial charge in [-0.15, -0.1) is 0 Å². The van der Waals surface area contributed by atoms with E-state index in [1.165, 1.54) is 0 Å². The van der Waals surface area contributed by atoms with Crippen LogP contribution in [0.5, 0.6) is 0 Å². The molecule has 4 N–H and O–H groups in total. The topological polar surface area (TPSA) is 108 Å². The van der Waals surface area contributed by atoms with Crippen LogP contribution < -0.4 is 16.0 Å². The predicted molar refractivity (Wildman–Crippen MR) is 151 cm³/mol. The van der Waals surface area contributed by atoms with Crippen molar-refractivity contribution in [3.8, 4) is 22.3 Å². The summed E-state index contributed by atoms with van der Waals surface area (Å²) in [7, 11) is 0. The molecule has 5 aromatic rings. The number of rotatable bonds is 12. The molecule has 0 saturated heterocycles. The molecule has 0 bridgehead atoms. The van der Waals surface area contributed by atoms with Gasteiger partial charge in [0.2, 0.25) is 5.91 Å². The molecule has 5 rings (SSSR count). The number of nitrogens with one attached hydrogen (secondary N) is 4. The van der Waals surface area contributed by atoms with Gasteiger partial charge in [-0.3, -0.25) is 9.89 Å². The van der Waals surface area contributed by atoms with E-state index in [-0.39, 0.29) is 5.91 Å². The number of hydrogen-bond acceptors (Lipinski definition) is 6. The molecule has 0 atom stereocenters. The van der Waals surface area contributed by atoms with Gasteiger partial charge in [-0.05, 0) is 41.3 Å². The summed E-state index contributed by atoms with van der Waals surface area (Å²) in [6, 6.07) is 20.2. The van der Waals surface area contributed by atoms with Crippen LogP contribution in [0.1, 0.15) is 18.4 Å². The second kappa shape index (κ2) is 12.4. The van der Waals surface area contributed by atoms with Crippen molar-refractivity contribution < 1.29 is 9.32 Å². The van der Waals surface area contributed by atoms with Crippen molar-refractivity contribution in [2.24, 2.45) is 0 Å². The number of H-pyrrole nitrogens is 1. The van der Waals surface area contributed by atoms with E-state index in [4.69, 9.17) is 16.1 Å². The van der Waals surface area contributed by atoms with Gasteiger partial charge in [0.15, 0.2) is 0 Å². The molecule has 0 fully saturated rings. The Morgan fingerprint density at radius 1 is 0.947 bits per heavy atom. The van der Waals surface area contributed by atoms with Gasteiger partial charge in [0.1, 0.15) is 6.26 Å². The smallest absolute Gasteiger partial charge is 0.221 e. The highest BCUT2D eigenvalue weighted by molar-refractivity contribution is 6.33. The second-order valence-electron chi connectivity index (χ2n) is 9.01. The second-order valence-corrected chi connectivity index (χ2v) is 9.41. The van der Waals surface area contributed by atoms with Crippen LogP contribution >= 0.6 is 11.6 Å². The molecule has 0 aliphatic rings. The van der Waals surface area contributed by atoms with Crippen molar-refractivity contribution in [2.75, 3.05) is 25.0 Å². The molecule has 3 aromatic carbocycles. The lowest BCUT2D eigenvalue weighted by Gasteiger charge is -2.11. The number of carbonyl (C=O) groups is 1. The first kappa shape index (κ1) is 25.5. The van der Waals surface area contributed by atoms with Crippen LogP contribution in [-0.2, 0) is 11.3 Å². The summed E-state index contributed by atoms with van der Waals surface area (Å²) in [5.74, 6) is 0.0293. The Morgan fingerprint density at radius 2 is 1.84 bits per heavy atom. The lowest BCUT2D eigenvalue weighted by atomic mass is 10.0. The van der Waals surface area contributed by atoms with Gasteiger partial charge in [-0.25, -0.2) is 0 Å². The van der Waals surface area contributed by atoms with Crippen LogP contribution in [0.3, 0.4) is 0 Å². The molecule has 0 saturated carbocycles. The average Bonchev–Trinajstić information content (AvgIpc) is 3.64. The van der Waals surface area contributed by atoms with Crippen molar-refractivity contribution in [3.05, 3.63) is 89.9 Å². The summed E-state index contributed by atoms with van der Waals surface area (Å²) in [5.41, 5.74) is 6.99. The normalized spacial score (nSPS) is 11.1. The van der Waals surface area contributed by atoms with Gasteiger partial charge in [0.05, 0.1) is 17.9 Å². The molecular formula is C29H29ClN6O2. The number of hydrogen-bond donors (Lipinski definition) is 4. The van der Waals surface area contributed by atoms with Crippen molar-refractivity contribution in [2.45, 2.75) is 19.4 Å². The summed E-state index contributed by atoms with van der Waals surface area (Å²) in [6.45, 7) is 2.56. The Hall–Kier alpha value is -4.14.